The van der Waals surface area contributed by atoms with Crippen molar-refractivity contribution < 1.29 is 9.53 Å². The third-order valence-electron chi connectivity index (χ3n) is 2.88. The molecule has 1 heterocycles. The number of rotatable bonds is 3. The van der Waals surface area contributed by atoms with Gasteiger partial charge in [0.15, 0.2) is 5.82 Å². The minimum atomic E-state index is -0.0863. The number of ether oxygens (including phenoxy) is 1. The van der Waals surface area contributed by atoms with Crippen molar-refractivity contribution in [2.75, 3.05) is 6.61 Å². The Kier molecular flexibility index (Phi) is 3.85. The Morgan fingerprint density at radius 2 is 2.24 bits per heavy atom. The van der Waals surface area contributed by atoms with Crippen molar-refractivity contribution in [3.8, 4) is 0 Å². The van der Waals surface area contributed by atoms with Crippen molar-refractivity contribution in [2.24, 2.45) is 5.92 Å². The summed E-state index contributed by atoms with van der Waals surface area (Å²) in [6, 6.07) is 1.80. The molecule has 0 N–H and O–H groups in total. The third kappa shape index (κ3) is 2.90. The van der Waals surface area contributed by atoms with Crippen LogP contribution in [-0.4, -0.2) is 22.5 Å². The molecule has 0 saturated carbocycles. The van der Waals surface area contributed by atoms with Crippen LogP contribution in [0.4, 0.5) is 0 Å². The van der Waals surface area contributed by atoms with Gasteiger partial charge in [-0.15, -0.1) is 0 Å². The van der Waals surface area contributed by atoms with Crippen LogP contribution in [0.2, 0.25) is 0 Å². The fraction of sp³-hybridized carbons (Fsp3) is 0.462. The van der Waals surface area contributed by atoms with Crippen molar-refractivity contribution in [3.05, 3.63) is 30.4 Å². The van der Waals surface area contributed by atoms with Crippen molar-refractivity contribution in [1.82, 2.24) is 9.97 Å². The zero-order chi connectivity index (χ0) is 12.1. The largest absolute Gasteiger partial charge is 0.466 e. The normalized spacial score (nSPS) is 19.6. The summed E-state index contributed by atoms with van der Waals surface area (Å²) < 4.78 is 5.02. The fourth-order valence-electron chi connectivity index (χ4n) is 1.98. The molecular formula is C13H16N2O2. The second-order valence-electron chi connectivity index (χ2n) is 4.03. The monoisotopic (exact) mass is 232 g/mol. The van der Waals surface area contributed by atoms with Crippen LogP contribution >= 0.6 is 0 Å². The number of esters is 1. The first-order valence-electron chi connectivity index (χ1n) is 5.94. The molecule has 0 unspecified atom stereocenters. The average molecular weight is 232 g/mol. The standard InChI is InChI=1S/C13H16N2O2/c1-2-17-13(16)11-6-4-10(5-7-11)12-14-8-3-9-15-12/h3-4,8-9,11H,2,5-7H2,1H3/t11-/m0/s1. The van der Waals surface area contributed by atoms with E-state index in [2.05, 4.69) is 16.0 Å². The van der Waals surface area contributed by atoms with Crippen LogP contribution in [0.1, 0.15) is 32.0 Å². The molecule has 0 radical (unpaired) electrons. The second kappa shape index (κ2) is 5.57. The van der Waals surface area contributed by atoms with Crippen LogP contribution in [-0.2, 0) is 9.53 Å². The highest BCUT2D eigenvalue weighted by atomic mass is 16.5. The first-order chi connectivity index (χ1) is 8.31. The van der Waals surface area contributed by atoms with Crippen molar-refractivity contribution >= 4 is 11.5 Å². The summed E-state index contributed by atoms with van der Waals surface area (Å²) >= 11 is 0. The smallest absolute Gasteiger partial charge is 0.309 e. The first-order valence-corrected chi connectivity index (χ1v) is 5.94. The van der Waals surface area contributed by atoms with E-state index in [1.54, 1.807) is 18.5 Å². The Labute approximate surface area is 101 Å². The number of hydrogen-bond acceptors (Lipinski definition) is 4. The van der Waals surface area contributed by atoms with Gasteiger partial charge in [0.1, 0.15) is 0 Å². The van der Waals surface area contributed by atoms with Crippen LogP contribution < -0.4 is 0 Å². The number of allylic oxidation sites excluding steroid dienone is 2. The lowest BCUT2D eigenvalue weighted by Crippen LogP contribution is -2.19. The van der Waals surface area contributed by atoms with Gasteiger partial charge < -0.3 is 4.74 Å². The zero-order valence-electron chi connectivity index (χ0n) is 9.93. The molecule has 0 bridgehead atoms. The maximum atomic E-state index is 11.6. The third-order valence-corrected chi connectivity index (χ3v) is 2.88. The van der Waals surface area contributed by atoms with Gasteiger partial charge in [-0.1, -0.05) is 6.08 Å². The summed E-state index contributed by atoms with van der Waals surface area (Å²) in [5.41, 5.74) is 1.13. The van der Waals surface area contributed by atoms with Crippen LogP contribution in [0, 0.1) is 5.92 Å². The fourth-order valence-corrected chi connectivity index (χ4v) is 1.98. The number of aromatic nitrogens is 2. The van der Waals surface area contributed by atoms with E-state index in [1.807, 2.05) is 6.92 Å². The highest BCUT2D eigenvalue weighted by Crippen LogP contribution is 2.28. The van der Waals surface area contributed by atoms with E-state index < -0.39 is 0 Å². The molecule has 90 valence electrons. The zero-order valence-corrected chi connectivity index (χ0v) is 9.93. The van der Waals surface area contributed by atoms with Gasteiger partial charge in [-0.05, 0) is 37.8 Å². The van der Waals surface area contributed by atoms with Crippen molar-refractivity contribution in [1.29, 1.82) is 0 Å². The van der Waals surface area contributed by atoms with Crippen LogP contribution in [0.3, 0.4) is 0 Å². The van der Waals surface area contributed by atoms with E-state index in [1.165, 1.54) is 0 Å². The van der Waals surface area contributed by atoms with E-state index in [-0.39, 0.29) is 11.9 Å². The number of nitrogens with zero attached hydrogens (tertiary/aromatic N) is 2. The van der Waals surface area contributed by atoms with Gasteiger partial charge in [-0.2, -0.15) is 0 Å². The molecular weight excluding hydrogens is 216 g/mol. The van der Waals surface area contributed by atoms with E-state index >= 15 is 0 Å². The average Bonchev–Trinajstić information content (AvgIpc) is 2.40. The van der Waals surface area contributed by atoms with E-state index in [0.717, 1.165) is 30.7 Å². The molecule has 1 aromatic rings. The van der Waals surface area contributed by atoms with Gasteiger partial charge in [0, 0.05) is 12.4 Å². The molecule has 4 nitrogen and oxygen atoms in total. The van der Waals surface area contributed by atoms with Crippen molar-refractivity contribution in [2.45, 2.75) is 26.2 Å². The summed E-state index contributed by atoms with van der Waals surface area (Å²) in [7, 11) is 0. The molecule has 0 aliphatic heterocycles. The first kappa shape index (κ1) is 11.8. The molecule has 0 spiro atoms. The van der Waals surface area contributed by atoms with E-state index in [9.17, 15) is 4.79 Å². The molecule has 1 atom stereocenters. The van der Waals surface area contributed by atoms with Gasteiger partial charge in [0.25, 0.3) is 0 Å². The summed E-state index contributed by atoms with van der Waals surface area (Å²) in [6.07, 6.45) is 7.92. The van der Waals surface area contributed by atoms with Crippen LogP contribution in [0.5, 0.6) is 0 Å². The Balaban J connectivity index is 2.00. The summed E-state index contributed by atoms with van der Waals surface area (Å²) in [5.74, 6) is 0.689. The maximum absolute atomic E-state index is 11.6. The molecule has 0 saturated heterocycles. The Hall–Kier alpha value is -1.71. The molecule has 2 rings (SSSR count). The van der Waals surface area contributed by atoms with E-state index in [4.69, 9.17) is 4.74 Å². The van der Waals surface area contributed by atoms with Crippen molar-refractivity contribution in [3.63, 3.8) is 0 Å². The lowest BCUT2D eigenvalue weighted by molar-refractivity contribution is -0.148. The molecule has 0 amide bonds. The number of carbonyl (C=O) groups excluding carboxylic acids is 1. The summed E-state index contributed by atoms with van der Waals surface area (Å²) in [5, 5.41) is 0. The second-order valence-corrected chi connectivity index (χ2v) is 4.03. The summed E-state index contributed by atoms with van der Waals surface area (Å²) in [6.45, 7) is 2.29. The maximum Gasteiger partial charge on any atom is 0.309 e. The van der Waals surface area contributed by atoms with E-state index in [0.29, 0.717) is 6.61 Å². The Morgan fingerprint density at radius 3 is 2.82 bits per heavy atom. The van der Waals surface area contributed by atoms with Gasteiger partial charge in [0.05, 0.1) is 12.5 Å². The minimum Gasteiger partial charge on any atom is -0.466 e. The quantitative estimate of drug-likeness (QED) is 0.750. The molecule has 1 aromatic heterocycles. The number of hydrogen-bond donors (Lipinski definition) is 0. The SMILES string of the molecule is CCOC(=O)[C@H]1CC=C(c2ncccn2)CC1. The highest BCUT2D eigenvalue weighted by molar-refractivity contribution is 5.74. The Bertz CT molecular complexity index is 415. The predicted molar refractivity (Wildman–Crippen MR) is 64.0 cm³/mol. The van der Waals surface area contributed by atoms with Gasteiger partial charge in [-0.25, -0.2) is 9.97 Å². The van der Waals surface area contributed by atoms with Gasteiger partial charge in [0.2, 0.25) is 0 Å². The minimum absolute atomic E-state index is 0.00223. The van der Waals surface area contributed by atoms with Gasteiger partial charge >= 0.3 is 5.97 Å². The number of carbonyl (C=O) groups is 1. The molecule has 0 aromatic carbocycles. The van der Waals surface area contributed by atoms with Crippen LogP contribution in [0.25, 0.3) is 5.57 Å². The topological polar surface area (TPSA) is 52.1 Å². The Morgan fingerprint density at radius 1 is 1.47 bits per heavy atom. The molecule has 17 heavy (non-hydrogen) atoms. The lowest BCUT2D eigenvalue weighted by Gasteiger charge is -2.19. The highest BCUT2D eigenvalue weighted by Gasteiger charge is 2.23. The molecule has 1 aliphatic carbocycles. The lowest BCUT2D eigenvalue weighted by atomic mass is 9.89. The molecule has 0 fully saturated rings. The summed E-state index contributed by atoms with van der Waals surface area (Å²) in [4.78, 5) is 20.0. The predicted octanol–water partition coefficient (Wildman–Crippen LogP) is 2.22. The molecule has 4 heteroatoms. The molecule has 1 aliphatic rings. The van der Waals surface area contributed by atoms with Crippen LogP contribution in [0.15, 0.2) is 24.5 Å². The van der Waals surface area contributed by atoms with Gasteiger partial charge in [-0.3, -0.25) is 4.79 Å².